The summed E-state index contributed by atoms with van der Waals surface area (Å²) in [6, 6.07) is -0.799. The summed E-state index contributed by atoms with van der Waals surface area (Å²) in [5.74, 6) is -0.155. The number of quaternary nitrogens is 1. The van der Waals surface area contributed by atoms with E-state index in [0.717, 1.165) is 44.9 Å². The normalized spacial score (nSPS) is 13.7. The van der Waals surface area contributed by atoms with Crippen LogP contribution in [0.25, 0.3) is 0 Å². The molecule has 0 aromatic heterocycles. The van der Waals surface area contributed by atoms with Gasteiger partial charge in [-0.25, -0.2) is 0 Å². The Morgan fingerprint density at radius 3 is 1.04 bits per heavy atom. The second kappa shape index (κ2) is 62.5. The van der Waals surface area contributed by atoms with Crippen molar-refractivity contribution in [3.05, 3.63) is 24.3 Å². The fourth-order valence-electron chi connectivity index (χ4n) is 11.1. The average molecular weight is 1150 g/mol. The van der Waals surface area contributed by atoms with Gasteiger partial charge in [0.1, 0.15) is 13.2 Å². The van der Waals surface area contributed by atoms with E-state index in [1.54, 1.807) is 0 Å². The number of allylic oxidation sites excluding steroid dienone is 4. The van der Waals surface area contributed by atoms with Crippen LogP contribution in [-0.4, -0.2) is 68.5 Å². The predicted molar refractivity (Wildman–Crippen MR) is 349 cm³/mol. The van der Waals surface area contributed by atoms with Crippen LogP contribution in [0.5, 0.6) is 0 Å². The van der Waals surface area contributed by atoms with Crippen LogP contribution < -0.4 is 10.2 Å². The van der Waals surface area contributed by atoms with Crippen molar-refractivity contribution in [2.45, 2.75) is 386 Å². The van der Waals surface area contributed by atoms with Crippen LogP contribution in [-0.2, 0) is 18.4 Å². The minimum absolute atomic E-state index is 0.0154. The van der Waals surface area contributed by atoms with E-state index >= 15 is 0 Å². The van der Waals surface area contributed by atoms with Gasteiger partial charge in [0.25, 0.3) is 7.82 Å². The highest BCUT2D eigenvalue weighted by Crippen LogP contribution is 2.38. The number of nitrogens with one attached hydrogen (secondary N) is 1. The van der Waals surface area contributed by atoms with Gasteiger partial charge in [-0.3, -0.25) is 9.36 Å². The molecule has 0 fully saturated rings. The monoisotopic (exact) mass is 1150 g/mol. The summed E-state index contributed by atoms with van der Waals surface area (Å²) in [4.78, 5) is 25.7. The van der Waals surface area contributed by atoms with Gasteiger partial charge in [-0.15, -0.1) is 0 Å². The largest absolute Gasteiger partial charge is 0.756 e. The van der Waals surface area contributed by atoms with Gasteiger partial charge >= 0.3 is 0 Å². The summed E-state index contributed by atoms with van der Waals surface area (Å²) in [5.41, 5.74) is 0. The first-order valence-corrected chi connectivity index (χ1v) is 37.1. The number of carbonyl (C=O) groups is 1. The SMILES string of the molecule is CCCCCCC/C=C\C/C=C\CCCCCCCCCCCCCCCCCCCCCCCCCC(=O)NC(COP(=O)([O-])OCC[N+](C)(C)C)C(O)CCCCCCCCCCCCCCCCCCCCCCCCC. The van der Waals surface area contributed by atoms with Crippen molar-refractivity contribution in [3.63, 3.8) is 0 Å². The van der Waals surface area contributed by atoms with Crippen LogP contribution in [0.4, 0.5) is 0 Å². The first-order valence-electron chi connectivity index (χ1n) is 35.7. The van der Waals surface area contributed by atoms with Gasteiger partial charge in [0.2, 0.25) is 5.91 Å². The zero-order chi connectivity index (χ0) is 58.4. The van der Waals surface area contributed by atoms with Crippen molar-refractivity contribution in [3.8, 4) is 0 Å². The molecule has 2 N–H and O–H groups in total. The van der Waals surface area contributed by atoms with Gasteiger partial charge < -0.3 is 28.8 Å². The second-order valence-electron chi connectivity index (χ2n) is 26.0. The number of hydrogen-bond acceptors (Lipinski definition) is 6. The number of unbranched alkanes of at least 4 members (excludes halogenated alkanes) is 50. The van der Waals surface area contributed by atoms with Crippen LogP contribution >= 0.6 is 7.82 Å². The third-order valence-corrected chi connectivity index (χ3v) is 17.7. The molecule has 0 heterocycles. The van der Waals surface area contributed by atoms with Crippen LogP contribution in [0.1, 0.15) is 373 Å². The van der Waals surface area contributed by atoms with Crippen LogP contribution in [0.3, 0.4) is 0 Å². The quantitative estimate of drug-likeness (QED) is 0.0272. The summed E-state index contributed by atoms with van der Waals surface area (Å²) in [6.07, 6.45) is 81.2. The molecule has 0 spiro atoms. The summed E-state index contributed by atoms with van der Waals surface area (Å²) in [6.45, 7) is 4.78. The molecule has 0 radical (unpaired) electrons. The molecular formula is C71H141N2O6P. The van der Waals surface area contributed by atoms with E-state index in [4.69, 9.17) is 9.05 Å². The highest BCUT2D eigenvalue weighted by Gasteiger charge is 2.24. The average Bonchev–Trinajstić information content (AvgIpc) is 3.42. The first kappa shape index (κ1) is 79.0. The van der Waals surface area contributed by atoms with Gasteiger partial charge in [0.05, 0.1) is 39.9 Å². The lowest BCUT2D eigenvalue weighted by Gasteiger charge is -2.30. The third kappa shape index (κ3) is 64.5. The predicted octanol–water partition coefficient (Wildman–Crippen LogP) is 22.0. The Labute approximate surface area is 500 Å². The topological polar surface area (TPSA) is 108 Å². The molecule has 0 aliphatic carbocycles. The Morgan fingerprint density at radius 1 is 0.438 bits per heavy atom. The molecule has 3 unspecified atom stereocenters. The van der Waals surface area contributed by atoms with Crippen molar-refractivity contribution in [1.29, 1.82) is 0 Å². The van der Waals surface area contributed by atoms with Crippen molar-refractivity contribution in [1.82, 2.24) is 5.32 Å². The van der Waals surface area contributed by atoms with Crippen LogP contribution in [0.15, 0.2) is 24.3 Å². The maximum absolute atomic E-state index is 13.1. The third-order valence-electron chi connectivity index (χ3n) is 16.7. The molecular weight excluding hydrogens is 1010 g/mol. The maximum Gasteiger partial charge on any atom is 0.268 e. The van der Waals surface area contributed by atoms with Gasteiger partial charge in [-0.05, 0) is 44.9 Å². The number of phosphoric ester groups is 1. The van der Waals surface area contributed by atoms with Crippen molar-refractivity contribution in [2.24, 2.45) is 0 Å². The summed E-state index contributed by atoms with van der Waals surface area (Å²) < 4.78 is 23.5. The van der Waals surface area contributed by atoms with E-state index in [0.29, 0.717) is 23.9 Å². The molecule has 0 saturated heterocycles. The molecule has 0 aromatic rings. The molecule has 0 saturated carbocycles. The fourth-order valence-corrected chi connectivity index (χ4v) is 11.9. The lowest BCUT2D eigenvalue weighted by molar-refractivity contribution is -0.870. The summed E-state index contributed by atoms with van der Waals surface area (Å²) >= 11 is 0. The number of carbonyl (C=O) groups excluding carboxylic acids is 1. The van der Waals surface area contributed by atoms with Gasteiger partial charge in [0.15, 0.2) is 0 Å². The highest BCUT2D eigenvalue weighted by atomic mass is 31.2. The molecule has 0 aliphatic heterocycles. The smallest absolute Gasteiger partial charge is 0.268 e. The molecule has 1 amide bonds. The molecule has 3 atom stereocenters. The van der Waals surface area contributed by atoms with Gasteiger partial charge in [-0.2, -0.15) is 0 Å². The van der Waals surface area contributed by atoms with E-state index in [1.807, 2.05) is 21.1 Å². The van der Waals surface area contributed by atoms with E-state index in [-0.39, 0.29) is 19.1 Å². The standard InChI is InChI=1S/C71H141N2O6P/c1-6-8-10-12-14-16-18-20-22-24-26-28-30-31-32-33-34-35-36-37-38-39-40-41-43-45-47-49-51-53-55-57-59-61-63-65-71(75)72-69(68-79-80(76,77)78-67-66-73(3,4)5)70(74)64-62-60-58-56-54-52-50-48-46-44-42-29-27-25-23-21-19-17-15-13-11-9-7-2/h18,20,24,26,69-70,74H,6-17,19,21-23,25,27-68H2,1-5H3,(H-,72,75,76,77)/b20-18-,26-24-. The molecule has 0 rings (SSSR count). The minimum atomic E-state index is -4.58. The van der Waals surface area contributed by atoms with Crippen LogP contribution in [0.2, 0.25) is 0 Å². The van der Waals surface area contributed by atoms with E-state index in [1.165, 1.54) is 302 Å². The molecule has 0 aromatic carbocycles. The number of nitrogens with zero attached hydrogens (tertiary/aromatic N) is 1. The molecule has 80 heavy (non-hydrogen) atoms. The van der Waals surface area contributed by atoms with Gasteiger partial charge in [-0.1, -0.05) is 346 Å². The molecule has 9 heteroatoms. The Kier molecular flexibility index (Phi) is 61.7. The number of hydrogen-bond donors (Lipinski definition) is 2. The number of aliphatic hydroxyl groups excluding tert-OH is 1. The number of likely N-dealkylation sites (N-methyl/N-ethyl adjacent to an activating group) is 1. The van der Waals surface area contributed by atoms with E-state index < -0.39 is 20.0 Å². The molecule has 476 valence electrons. The maximum atomic E-state index is 13.1. The minimum Gasteiger partial charge on any atom is -0.756 e. The number of phosphoric acid groups is 1. The fraction of sp³-hybridized carbons (Fsp3) is 0.930. The van der Waals surface area contributed by atoms with Crippen LogP contribution in [0, 0.1) is 0 Å². The lowest BCUT2D eigenvalue weighted by atomic mass is 10.0. The second-order valence-corrected chi connectivity index (χ2v) is 27.4. The molecule has 8 nitrogen and oxygen atoms in total. The summed E-state index contributed by atoms with van der Waals surface area (Å²) in [7, 11) is 1.33. The Morgan fingerprint density at radius 2 is 0.725 bits per heavy atom. The number of aliphatic hydroxyl groups is 1. The van der Waals surface area contributed by atoms with E-state index in [9.17, 15) is 19.4 Å². The zero-order valence-electron chi connectivity index (χ0n) is 54.6. The Hall–Kier alpha value is -1.02. The summed E-state index contributed by atoms with van der Waals surface area (Å²) in [5, 5.41) is 14.1. The van der Waals surface area contributed by atoms with Crippen molar-refractivity contribution in [2.75, 3.05) is 40.9 Å². The number of rotatable bonds is 67. The molecule has 0 bridgehead atoms. The van der Waals surface area contributed by atoms with E-state index in [2.05, 4.69) is 43.5 Å². The lowest BCUT2D eigenvalue weighted by Crippen LogP contribution is -2.46. The highest BCUT2D eigenvalue weighted by molar-refractivity contribution is 7.45. The Bertz CT molecular complexity index is 1350. The van der Waals surface area contributed by atoms with Gasteiger partial charge in [0, 0.05) is 6.42 Å². The number of amides is 1. The first-order chi connectivity index (χ1) is 39.0. The molecule has 0 aliphatic rings. The zero-order valence-corrected chi connectivity index (χ0v) is 55.5. The van der Waals surface area contributed by atoms with Crippen molar-refractivity contribution < 1.29 is 32.9 Å². The van der Waals surface area contributed by atoms with Crippen molar-refractivity contribution >= 4 is 13.7 Å². The Balaban J connectivity index is 3.95.